The van der Waals surface area contributed by atoms with Crippen LogP contribution in [0.15, 0.2) is 18.3 Å². The Bertz CT molecular complexity index is 507. The molecule has 0 aliphatic heterocycles. The van der Waals surface area contributed by atoms with E-state index in [-0.39, 0.29) is 11.5 Å². The standard InChI is InChI=1S/C12H18N4/c1-12(2,3)9(13)11-15-8-6-5-7-14-10(8)16(11)4/h5-7,9H,13H2,1-4H3. The van der Waals surface area contributed by atoms with Crippen LogP contribution in [0.2, 0.25) is 0 Å². The number of rotatable bonds is 1. The zero-order valence-corrected chi connectivity index (χ0v) is 10.2. The predicted molar refractivity (Wildman–Crippen MR) is 64.9 cm³/mol. The molecule has 0 saturated carbocycles. The molecular weight excluding hydrogens is 200 g/mol. The zero-order valence-electron chi connectivity index (χ0n) is 10.2. The molecule has 2 aromatic rings. The second-order valence-corrected chi connectivity index (χ2v) is 5.22. The number of pyridine rings is 1. The quantitative estimate of drug-likeness (QED) is 0.796. The van der Waals surface area contributed by atoms with E-state index in [2.05, 4.69) is 30.7 Å². The minimum absolute atomic E-state index is 0.00483. The maximum absolute atomic E-state index is 6.23. The summed E-state index contributed by atoms with van der Waals surface area (Å²) in [6.45, 7) is 6.35. The molecule has 86 valence electrons. The van der Waals surface area contributed by atoms with Crippen molar-refractivity contribution < 1.29 is 0 Å². The molecule has 0 aliphatic carbocycles. The second-order valence-electron chi connectivity index (χ2n) is 5.22. The number of imidazole rings is 1. The van der Waals surface area contributed by atoms with Gasteiger partial charge in [0.1, 0.15) is 11.3 Å². The summed E-state index contributed by atoms with van der Waals surface area (Å²) in [5.41, 5.74) is 8.01. The van der Waals surface area contributed by atoms with Crippen LogP contribution in [0.1, 0.15) is 32.6 Å². The van der Waals surface area contributed by atoms with Crippen LogP contribution in [0.4, 0.5) is 0 Å². The largest absolute Gasteiger partial charge is 0.321 e. The fourth-order valence-electron chi connectivity index (χ4n) is 1.71. The van der Waals surface area contributed by atoms with Gasteiger partial charge in [-0.25, -0.2) is 9.97 Å². The molecule has 0 amide bonds. The Labute approximate surface area is 95.5 Å². The third kappa shape index (κ3) is 1.69. The molecule has 1 atom stereocenters. The normalized spacial score (nSPS) is 14.3. The highest BCUT2D eigenvalue weighted by atomic mass is 15.1. The number of aromatic nitrogens is 3. The molecule has 0 radical (unpaired) electrons. The Hall–Kier alpha value is -1.42. The van der Waals surface area contributed by atoms with Gasteiger partial charge in [0.15, 0.2) is 5.65 Å². The van der Waals surface area contributed by atoms with E-state index < -0.39 is 0 Å². The van der Waals surface area contributed by atoms with Crippen molar-refractivity contribution >= 4 is 11.2 Å². The number of nitrogens with zero attached hydrogens (tertiary/aromatic N) is 3. The Morgan fingerprint density at radius 3 is 2.62 bits per heavy atom. The first kappa shape index (κ1) is 11.1. The molecule has 0 aromatic carbocycles. The van der Waals surface area contributed by atoms with Crippen LogP contribution in [-0.4, -0.2) is 14.5 Å². The fourth-order valence-corrected chi connectivity index (χ4v) is 1.71. The summed E-state index contributed by atoms with van der Waals surface area (Å²) in [6.07, 6.45) is 1.77. The maximum Gasteiger partial charge on any atom is 0.159 e. The number of hydrogen-bond donors (Lipinski definition) is 1. The van der Waals surface area contributed by atoms with Crippen LogP contribution in [0.3, 0.4) is 0 Å². The van der Waals surface area contributed by atoms with E-state index >= 15 is 0 Å². The van der Waals surface area contributed by atoms with E-state index in [1.807, 2.05) is 23.7 Å². The number of fused-ring (bicyclic) bond motifs is 1. The van der Waals surface area contributed by atoms with Crippen molar-refractivity contribution in [3.05, 3.63) is 24.2 Å². The van der Waals surface area contributed by atoms with Crippen LogP contribution in [0, 0.1) is 5.41 Å². The average molecular weight is 218 g/mol. The summed E-state index contributed by atoms with van der Waals surface area (Å²) >= 11 is 0. The van der Waals surface area contributed by atoms with Crippen LogP contribution >= 0.6 is 0 Å². The van der Waals surface area contributed by atoms with Gasteiger partial charge in [-0.05, 0) is 17.5 Å². The first-order valence-corrected chi connectivity index (χ1v) is 5.44. The number of nitrogens with two attached hydrogens (primary N) is 1. The molecule has 2 aromatic heterocycles. The van der Waals surface area contributed by atoms with Crippen molar-refractivity contribution in [2.24, 2.45) is 18.2 Å². The smallest absolute Gasteiger partial charge is 0.159 e. The molecule has 0 spiro atoms. The molecular formula is C12H18N4. The Kier molecular flexibility index (Phi) is 2.46. The van der Waals surface area contributed by atoms with Gasteiger partial charge in [-0.1, -0.05) is 20.8 Å². The minimum atomic E-state index is -0.0910. The summed E-state index contributed by atoms with van der Waals surface area (Å²) in [5, 5.41) is 0. The van der Waals surface area contributed by atoms with Crippen LogP contribution < -0.4 is 5.73 Å². The van der Waals surface area contributed by atoms with Gasteiger partial charge in [0.05, 0.1) is 6.04 Å². The van der Waals surface area contributed by atoms with E-state index in [0.717, 1.165) is 17.0 Å². The van der Waals surface area contributed by atoms with E-state index in [0.29, 0.717) is 0 Å². The Morgan fingerprint density at radius 1 is 1.38 bits per heavy atom. The summed E-state index contributed by atoms with van der Waals surface area (Å²) in [7, 11) is 1.96. The highest BCUT2D eigenvalue weighted by molar-refractivity contribution is 5.71. The molecule has 2 rings (SSSR count). The lowest BCUT2D eigenvalue weighted by Crippen LogP contribution is -2.28. The van der Waals surface area contributed by atoms with Gasteiger partial charge in [0.25, 0.3) is 0 Å². The lowest BCUT2D eigenvalue weighted by Gasteiger charge is -2.26. The first-order valence-electron chi connectivity index (χ1n) is 5.44. The van der Waals surface area contributed by atoms with Crippen molar-refractivity contribution in [2.45, 2.75) is 26.8 Å². The van der Waals surface area contributed by atoms with E-state index in [4.69, 9.17) is 5.73 Å². The van der Waals surface area contributed by atoms with Crippen LogP contribution in [0.25, 0.3) is 11.2 Å². The molecule has 0 saturated heterocycles. The molecule has 0 bridgehead atoms. The van der Waals surface area contributed by atoms with Gasteiger partial charge in [-0.15, -0.1) is 0 Å². The van der Waals surface area contributed by atoms with Crippen molar-refractivity contribution in [1.29, 1.82) is 0 Å². The minimum Gasteiger partial charge on any atom is -0.321 e. The number of aryl methyl sites for hydroxylation is 1. The van der Waals surface area contributed by atoms with Gasteiger partial charge in [0, 0.05) is 13.2 Å². The molecule has 4 nitrogen and oxygen atoms in total. The maximum atomic E-state index is 6.23. The highest BCUT2D eigenvalue weighted by Gasteiger charge is 2.26. The lowest BCUT2D eigenvalue weighted by molar-refractivity contribution is 0.311. The third-order valence-electron chi connectivity index (χ3n) is 2.87. The van der Waals surface area contributed by atoms with E-state index in [1.165, 1.54) is 0 Å². The summed E-state index contributed by atoms with van der Waals surface area (Å²) in [4.78, 5) is 8.86. The average Bonchev–Trinajstić information content (AvgIpc) is 2.54. The molecule has 2 heterocycles. The van der Waals surface area contributed by atoms with Crippen molar-refractivity contribution in [2.75, 3.05) is 0 Å². The van der Waals surface area contributed by atoms with Gasteiger partial charge >= 0.3 is 0 Å². The fraction of sp³-hybridized carbons (Fsp3) is 0.500. The van der Waals surface area contributed by atoms with Crippen molar-refractivity contribution in [3.63, 3.8) is 0 Å². The third-order valence-corrected chi connectivity index (χ3v) is 2.87. The Balaban J connectivity index is 2.58. The van der Waals surface area contributed by atoms with Gasteiger partial charge in [0.2, 0.25) is 0 Å². The summed E-state index contributed by atoms with van der Waals surface area (Å²) < 4.78 is 1.98. The van der Waals surface area contributed by atoms with Gasteiger partial charge in [-0.2, -0.15) is 0 Å². The van der Waals surface area contributed by atoms with Crippen molar-refractivity contribution in [1.82, 2.24) is 14.5 Å². The molecule has 0 aliphatic rings. The zero-order chi connectivity index (χ0) is 11.9. The SMILES string of the molecule is Cn1c(C(N)C(C)(C)C)nc2cccnc21. The molecule has 1 unspecified atom stereocenters. The molecule has 4 heteroatoms. The second kappa shape index (κ2) is 3.56. The summed E-state index contributed by atoms with van der Waals surface area (Å²) in [6, 6.07) is 3.76. The summed E-state index contributed by atoms with van der Waals surface area (Å²) in [5.74, 6) is 0.890. The highest BCUT2D eigenvalue weighted by Crippen LogP contribution is 2.30. The Morgan fingerprint density at radius 2 is 2.06 bits per heavy atom. The first-order chi connectivity index (χ1) is 7.41. The van der Waals surface area contributed by atoms with Crippen LogP contribution in [-0.2, 0) is 7.05 Å². The van der Waals surface area contributed by atoms with Crippen LogP contribution in [0.5, 0.6) is 0 Å². The lowest BCUT2D eigenvalue weighted by atomic mass is 9.87. The molecule has 16 heavy (non-hydrogen) atoms. The van der Waals surface area contributed by atoms with Gasteiger partial charge < -0.3 is 10.3 Å². The monoisotopic (exact) mass is 218 g/mol. The van der Waals surface area contributed by atoms with E-state index in [9.17, 15) is 0 Å². The number of hydrogen-bond acceptors (Lipinski definition) is 3. The molecule has 2 N–H and O–H groups in total. The predicted octanol–water partition coefficient (Wildman–Crippen LogP) is 2.01. The van der Waals surface area contributed by atoms with Crippen molar-refractivity contribution in [3.8, 4) is 0 Å². The topological polar surface area (TPSA) is 56.7 Å². The van der Waals surface area contributed by atoms with Gasteiger partial charge in [-0.3, -0.25) is 0 Å². The van der Waals surface area contributed by atoms with E-state index in [1.54, 1.807) is 6.20 Å². The molecule has 0 fully saturated rings.